The molecule has 0 aliphatic rings. The molecule has 0 heterocycles. The van der Waals surface area contributed by atoms with Crippen LogP contribution in [0.5, 0.6) is 0 Å². The van der Waals surface area contributed by atoms with Gasteiger partial charge in [0.2, 0.25) is 5.91 Å². The number of rotatable bonds is 10. The first-order chi connectivity index (χ1) is 17.0. The molecule has 0 bridgehead atoms. The number of anilines is 2. The Kier molecular flexibility index (Phi) is 10.5. The van der Waals surface area contributed by atoms with E-state index in [4.69, 9.17) is 21.6 Å². The second-order valence-electron chi connectivity index (χ2n) is 8.85. The number of carbonyl (C=O) groups is 2. The largest absolute Gasteiger partial charge is 0.466 e. The second-order valence-corrected chi connectivity index (χ2v) is 8.85. The zero-order valence-corrected chi connectivity index (χ0v) is 21.8. The summed E-state index contributed by atoms with van der Waals surface area (Å²) in [5.74, 6) is 5.79. The Bertz CT molecular complexity index is 1150. The number of carbonyl (C=O) groups excluding carboxylic acids is 2. The molecule has 1 amide bonds. The third-order valence-electron chi connectivity index (χ3n) is 5.64. The lowest BCUT2D eigenvalue weighted by Gasteiger charge is -2.31. The molecule has 192 valence electrons. The molecule has 0 fully saturated rings. The fourth-order valence-electron chi connectivity index (χ4n) is 3.71. The van der Waals surface area contributed by atoms with E-state index in [0.717, 1.165) is 28.1 Å². The summed E-state index contributed by atoms with van der Waals surface area (Å²) in [7, 11) is 0. The molecule has 1 atom stereocenters. The van der Waals surface area contributed by atoms with E-state index in [1.165, 1.54) is 0 Å². The van der Waals surface area contributed by atoms with Crippen molar-refractivity contribution in [2.45, 2.75) is 59.5 Å². The van der Waals surface area contributed by atoms with E-state index in [-0.39, 0.29) is 36.6 Å². The molecule has 6 N–H and O–H groups in total. The Hall–Kier alpha value is -3.83. The number of nitrogens with zero attached hydrogens (tertiary/aromatic N) is 1. The van der Waals surface area contributed by atoms with E-state index in [0.29, 0.717) is 18.7 Å². The second kappa shape index (κ2) is 13.3. The van der Waals surface area contributed by atoms with Crippen LogP contribution in [0.2, 0.25) is 0 Å². The van der Waals surface area contributed by atoms with E-state index in [1.54, 1.807) is 24.0 Å². The first kappa shape index (κ1) is 28.4. The number of nitrogens with two attached hydrogens (primary N) is 2. The molecule has 0 aromatic heterocycles. The van der Waals surface area contributed by atoms with Gasteiger partial charge in [0.05, 0.1) is 19.2 Å². The fraction of sp³-hybridized carbons (Fsp3) is 0.393. The van der Waals surface area contributed by atoms with Crippen molar-refractivity contribution in [1.82, 2.24) is 0 Å². The SMILES string of the molecule is CCOC(=O)CCC(N)C(=O)N(c1cc(C)c(C#CCNc2ccc(C(=N)N)cc2)cc1C)C(C)C. The van der Waals surface area contributed by atoms with Crippen molar-refractivity contribution in [1.29, 1.82) is 5.41 Å². The van der Waals surface area contributed by atoms with Gasteiger partial charge in [0.25, 0.3) is 0 Å². The Labute approximate surface area is 213 Å². The van der Waals surface area contributed by atoms with Gasteiger partial charge >= 0.3 is 5.97 Å². The quantitative estimate of drug-likeness (QED) is 0.174. The number of esters is 1. The molecule has 0 saturated heterocycles. The minimum Gasteiger partial charge on any atom is -0.466 e. The van der Waals surface area contributed by atoms with E-state index >= 15 is 0 Å². The third kappa shape index (κ3) is 7.85. The number of amidine groups is 1. The Balaban J connectivity index is 2.13. The lowest BCUT2D eigenvalue weighted by atomic mass is 10.0. The van der Waals surface area contributed by atoms with Gasteiger partial charge in [-0.3, -0.25) is 15.0 Å². The van der Waals surface area contributed by atoms with Gasteiger partial charge in [-0.05, 0) is 88.6 Å². The van der Waals surface area contributed by atoms with Crippen molar-refractivity contribution in [3.63, 3.8) is 0 Å². The molecule has 2 aromatic rings. The molecule has 36 heavy (non-hydrogen) atoms. The van der Waals surface area contributed by atoms with E-state index in [9.17, 15) is 9.59 Å². The van der Waals surface area contributed by atoms with E-state index in [2.05, 4.69) is 17.2 Å². The van der Waals surface area contributed by atoms with Gasteiger partial charge in [0.1, 0.15) is 5.84 Å². The molecule has 1 unspecified atom stereocenters. The van der Waals surface area contributed by atoms with Gasteiger partial charge in [-0.1, -0.05) is 11.8 Å². The molecule has 0 aliphatic heterocycles. The summed E-state index contributed by atoms with van der Waals surface area (Å²) in [6.45, 7) is 10.3. The number of nitrogen functional groups attached to an aromatic ring is 1. The highest BCUT2D eigenvalue weighted by atomic mass is 16.5. The number of hydrogen-bond donors (Lipinski definition) is 4. The van der Waals surface area contributed by atoms with Gasteiger partial charge < -0.3 is 26.4 Å². The van der Waals surface area contributed by atoms with Crippen molar-refractivity contribution in [3.05, 3.63) is 58.7 Å². The Morgan fingerprint density at radius 1 is 1.14 bits per heavy atom. The summed E-state index contributed by atoms with van der Waals surface area (Å²) >= 11 is 0. The van der Waals surface area contributed by atoms with Crippen LogP contribution in [0.3, 0.4) is 0 Å². The van der Waals surface area contributed by atoms with Crippen molar-refractivity contribution in [2.24, 2.45) is 11.5 Å². The van der Waals surface area contributed by atoms with Crippen LogP contribution in [-0.4, -0.2) is 42.9 Å². The summed E-state index contributed by atoms with van der Waals surface area (Å²) < 4.78 is 4.94. The number of aryl methyl sites for hydroxylation is 2. The molecular weight excluding hydrogens is 454 g/mol. The molecular formula is C28H37N5O3. The lowest BCUT2D eigenvalue weighted by molar-refractivity contribution is -0.143. The monoisotopic (exact) mass is 491 g/mol. The fourth-order valence-corrected chi connectivity index (χ4v) is 3.71. The van der Waals surface area contributed by atoms with Crippen LogP contribution in [0.4, 0.5) is 11.4 Å². The third-order valence-corrected chi connectivity index (χ3v) is 5.64. The van der Waals surface area contributed by atoms with Crippen molar-refractivity contribution in [2.75, 3.05) is 23.4 Å². The summed E-state index contributed by atoms with van der Waals surface area (Å²) in [4.78, 5) is 26.6. The van der Waals surface area contributed by atoms with Gasteiger partial charge in [0.15, 0.2) is 0 Å². The molecule has 0 radical (unpaired) electrons. The van der Waals surface area contributed by atoms with Gasteiger partial charge in [-0.15, -0.1) is 0 Å². The van der Waals surface area contributed by atoms with Gasteiger partial charge in [-0.25, -0.2) is 0 Å². The molecule has 0 saturated carbocycles. The summed E-state index contributed by atoms with van der Waals surface area (Å²) in [6, 6.07) is 10.3. The normalized spacial score (nSPS) is 11.3. The van der Waals surface area contributed by atoms with Crippen molar-refractivity contribution < 1.29 is 14.3 Å². The standard InChI is InChI=1S/C28H37N5O3/c1-6-36-26(34)14-13-24(29)28(35)33(18(2)3)25-17-19(4)22(16-20(25)5)8-7-15-32-23-11-9-21(10-12-23)27(30)31/h9-12,16-18,24,32H,6,13-15,29H2,1-5H3,(H3,30,31). The van der Waals surface area contributed by atoms with Gasteiger partial charge in [0, 0.05) is 35.0 Å². The summed E-state index contributed by atoms with van der Waals surface area (Å²) in [5.41, 5.74) is 16.7. The first-order valence-corrected chi connectivity index (χ1v) is 12.1. The molecule has 8 nitrogen and oxygen atoms in total. The minimum atomic E-state index is -0.799. The maximum atomic E-state index is 13.2. The van der Waals surface area contributed by atoms with Crippen LogP contribution in [0.15, 0.2) is 36.4 Å². The van der Waals surface area contributed by atoms with Crippen LogP contribution in [0.25, 0.3) is 0 Å². The van der Waals surface area contributed by atoms with Crippen LogP contribution in [-0.2, 0) is 14.3 Å². The number of ether oxygens (including phenoxy) is 1. The minimum absolute atomic E-state index is 0.0343. The number of benzene rings is 2. The Morgan fingerprint density at radius 3 is 2.39 bits per heavy atom. The van der Waals surface area contributed by atoms with Crippen LogP contribution < -0.4 is 21.7 Å². The maximum Gasteiger partial charge on any atom is 0.305 e. The topological polar surface area (TPSA) is 135 Å². The zero-order valence-electron chi connectivity index (χ0n) is 21.8. The molecule has 2 rings (SSSR count). The van der Waals surface area contributed by atoms with Crippen LogP contribution in [0.1, 0.15) is 55.9 Å². The molecule has 2 aromatic carbocycles. The summed E-state index contributed by atoms with van der Waals surface area (Å²) in [6.07, 6.45) is 0.334. The predicted molar refractivity (Wildman–Crippen MR) is 145 cm³/mol. The average Bonchev–Trinajstić information content (AvgIpc) is 2.83. The van der Waals surface area contributed by atoms with E-state index < -0.39 is 6.04 Å². The molecule has 8 heteroatoms. The van der Waals surface area contributed by atoms with Gasteiger partial charge in [-0.2, -0.15) is 0 Å². The Morgan fingerprint density at radius 2 is 1.81 bits per heavy atom. The number of nitrogens with one attached hydrogen (secondary N) is 2. The van der Waals surface area contributed by atoms with Crippen molar-refractivity contribution in [3.8, 4) is 11.8 Å². The molecule has 0 spiro atoms. The molecule has 0 aliphatic carbocycles. The lowest BCUT2D eigenvalue weighted by Crippen LogP contribution is -2.47. The zero-order chi connectivity index (χ0) is 26.8. The average molecular weight is 492 g/mol. The highest BCUT2D eigenvalue weighted by molar-refractivity contribution is 5.98. The maximum absolute atomic E-state index is 13.2. The highest BCUT2D eigenvalue weighted by Crippen LogP contribution is 2.27. The van der Waals surface area contributed by atoms with Crippen molar-refractivity contribution >= 4 is 29.1 Å². The van der Waals surface area contributed by atoms with Crippen LogP contribution in [0, 0.1) is 31.1 Å². The number of amides is 1. The van der Waals surface area contributed by atoms with E-state index in [1.807, 2.05) is 52.0 Å². The van der Waals surface area contributed by atoms with Crippen LogP contribution >= 0.6 is 0 Å². The first-order valence-electron chi connectivity index (χ1n) is 12.1. The smallest absolute Gasteiger partial charge is 0.305 e. The summed E-state index contributed by atoms with van der Waals surface area (Å²) in [5, 5.41) is 10.7. The predicted octanol–water partition coefficient (Wildman–Crippen LogP) is 3.46. The highest BCUT2D eigenvalue weighted by Gasteiger charge is 2.27. The number of hydrogen-bond acceptors (Lipinski definition) is 6.